The second-order valence-corrected chi connectivity index (χ2v) is 15.1. The van der Waals surface area contributed by atoms with Crippen LogP contribution in [0.3, 0.4) is 0 Å². The number of esters is 2. The van der Waals surface area contributed by atoms with Gasteiger partial charge in [0.2, 0.25) is 0 Å². The standard InChI is InChI=1S/C42H63N3O11/c1-7-9-10-31-27(4)55-41(48)33(43)22-51-25-37(31)54-21-30-14-12-29(13-15-30)20-26(3)11-16-32-28(5)56-42(49)34(23-52-24-36(32)53-19-8-2)45-40(47)38-39(46)35(50-6)17-18-44-38/h12-15,17-18,26-28,31-34,36-37,46H,7-11,16,19-25,43H2,1-6H3,(H,45,47). The van der Waals surface area contributed by atoms with Gasteiger partial charge >= 0.3 is 11.9 Å². The Balaban J connectivity index is 1.34. The molecule has 3 heterocycles. The summed E-state index contributed by atoms with van der Waals surface area (Å²) in [6.45, 7) is 11.6. The summed E-state index contributed by atoms with van der Waals surface area (Å²) in [4.78, 5) is 42.7. The van der Waals surface area contributed by atoms with Gasteiger partial charge in [-0.05, 0) is 63.0 Å². The van der Waals surface area contributed by atoms with Gasteiger partial charge in [0.05, 0.1) is 52.4 Å². The number of unbranched alkanes of at least 4 members (excludes halogenated alkanes) is 1. The summed E-state index contributed by atoms with van der Waals surface area (Å²) in [5.74, 6) is -2.00. The molecular weight excluding hydrogens is 722 g/mol. The predicted molar refractivity (Wildman–Crippen MR) is 208 cm³/mol. The molecule has 4 rings (SSSR count). The smallest absolute Gasteiger partial charge is 0.331 e. The maximum absolute atomic E-state index is 13.4. The predicted octanol–water partition coefficient (Wildman–Crippen LogP) is 4.91. The number of nitrogens with one attached hydrogen (secondary N) is 1. The van der Waals surface area contributed by atoms with Crippen LogP contribution >= 0.6 is 0 Å². The van der Waals surface area contributed by atoms with Gasteiger partial charge in [-0.1, -0.05) is 57.9 Å². The van der Waals surface area contributed by atoms with Gasteiger partial charge in [0.1, 0.15) is 18.2 Å². The molecule has 0 spiro atoms. The van der Waals surface area contributed by atoms with Gasteiger partial charge < -0.3 is 49.3 Å². The molecule has 2 aliphatic heterocycles. The quantitative estimate of drug-likeness (QED) is 0.184. The van der Waals surface area contributed by atoms with Gasteiger partial charge in [-0.25, -0.2) is 9.78 Å². The van der Waals surface area contributed by atoms with E-state index in [1.165, 1.54) is 24.9 Å². The summed E-state index contributed by atoms with van der Waals surface area (Å²) in [6.07, 6.45) is 6.09. The van der Waals surface area contributed by atoms with Crippen molar-refractivity contribution in [3.63, 3.8) is 0 Å². The van der Waals surface area contributed by atoms with Crippen molar-refractivity contribution in [2.45, 2.75) is 123 Å². The number of benzene rings is 1. The number of rotatable bonds is 17. The highest BCUT2D eigenvalue weighted by molar-refractivity contribution is 5.98. The third-order valence-electron chi connectivity index (χ3n) is 10.6. The molecule has 14 heteroatoms. The van der Waals surface area contributed by atoms with Crippen LogP contribution in [0, 0.1) is 17.8 Å². The number of hydrogen-bond donors (Lipinski definition) is 3. The molecule has 312 valence electrons. The molecular formula is C42H63N3O11. The first kappa shape index (κ1) is 44.9. The summed E-state index contributed by atoms with van der Waals surface area (Å²) in [5.41, 5.74) is 7.92. The maximum atomic E-state index is 13.4. The number of methoxy groups -OCH3 is 1. The van der Waals surface area contributed by atoms with Crippen LogP contribution in [0.25, 0.3) is 0 Å². The van der Waals surface area contributed by atoms with Crippen LogP contribution in [0.2, 0.25) is 0 Å². The number of ether oxygens (including phenoxy) is 7. The fraction of sp³-hybridized carbons (Fsp3) is 0.667. The van der Waals surface area contributed by atoms with Crippen LogP contribution in [-0.2, 0) is 51.0 Å². The minimum atomic E-state index is -1.12. The molecule has 14 nitrogen and oxygen atoms in total. The number of hydrogen-bond acceptors (Lipinski definition) is 13. The summed E-state index contributed by atoms with van der Waals surface area (Å²) in [7, 11) is 1.37. The lowest BCUT2D eigenvalue weighted by Gasteiger charge is -2.31. The molecule has 2 aliphatic rings. The van der Waals surface area contributed by atoms with Crippen molar-refractivity contribution in [1.82, 2.24) is 10.3 Å². The van der Waals surface area contributed by atoms with E-state index in [9.17, 15) is 19.5 Å². The number of amides is 1. The second-order valence-electron chi connectivity index (χ2n) is 15.1. The Kier molecular flexibility index (Phi) is 18.3. The molecule has 56 heavy (non-hydrogen) atoms. The molecule has 2 aromatic rings. The molecule has 9 unspecified atom stereocenters. The van der Waals surface area contributed by atoms with Crippen LogP contribution in [0.1, 0.15) is 94.8 Å². The average molecular weight is 786 g/mol. The molecule has 4 N–H and O–H groups in total. The highest BCUT2D eigenvalue weighted by Gasteiger charge is 2.36. The lowest BCUT2D eigenvalue weighted by Crippen LogP contribution is -2.46. The number of carbonyl (C=O) groups is 3. The van der Waals surface area contributed by atoms with E-state index in [0.717, 1.165) is 50.5 Å². The van der Waals surface area contributed by atoms with E-state index in [0.29, 0.717) is 25.7 Å². The lowest BCUT2D eigenvalue weighted by molar-refractivity contribution is -0.156. The zero-order chi connectivity index (χ0) is 40.6. The Morgan fingerprint density at radius 2 is 1.55 bits per heavy atom. The summed E-state index contributed by atoms with van der Waals surface area (Å²) >= 11 is 0. The molecule has 9 atom stereocenters. The Morgan fingerprint density at radius 3 is 2.23 bits per heavy atom. The monoisotopic (exact) mass is 785 g/mol. The second kappa shape index (κ2) is 22.8. The van der Waals surface area contributed by atoms with Crippen LogP contribution in [0.15, 0.2) is 36.5 Å². The molecule has 2 fully saturated rings. The SMILES string of the molecule is CCCCC1C(C)OC(=O)C(N)COCC1OCc1ccc(CC(C)CCC2C(C)OC(=O)C(NC(=O)c3nccc(OC)c3O)COCC2OCCC)cc1. The van der Waals surface area contributed by atoms with E-state index in [1.54, 1.807) is 0 Å². The molecule has 0 saturated carbocycles. The normalized spacial score (nSPS) is 26.9. The molecule has 0 aliphatic carbocycles. The first-order valence-corrected chi connectivity index (χ1v) is 20.1. The highest BCUT2D eigenvalue weighted by atomic mass is 16.6. The molecule has 0 radical (unpaired) electrons. The number of carbonyl (C=O) groups excluding carboxylic acids is 3. The van der Waals surface area contributed by atoms with Crippen LogP contribution in [0.4, 0.5) is 0 Å². The van der Waals surface area contributed by atoms with E-state index in [-0.39, 0.29) is 61.4 Å². The minimum absolute atomic E-state index is 0.00345. The summed E-state index contributed by atoms with van der Waals surface area (Å²) in [5, 5.41) is 13.0. The molecule has 1 amide bonds. The number of nitrogens with two attached hydrogens (primary N) is 1. The van der Waals surface area contributed by atoms with E-state index in [4.69, 9.17) is 38.9 Å². The van der Waals surface area contributed by atoms with E-state index < -0.39 is 41.8 Å². The van der Waals surface area contributed by atoms with Crippen molar-refractivity contribution in [2.24, 2.45) is 23.5 Å². The van der Waals surface area contributed by atoms with E-state index in [2.05, 4.69) is 48.4 Å². The Hall–Kier alpha value is -3.82. The minimum Gasteiger partial charge on any atom is -0.503 e. The zero-order valence-electron chi connectivity index (χ0n) is 33.9. The van der Waals surface area contributed by atoms with Crippen LogP contribution < -0.4 is 15.8 Å². The van der Waals surface area contributed by atoms with Crippen LogP contribution in [0.5, 0.6) is 11.5 Å². The summed E-state index contributed by atoms with van der Waals surface area (Å²) < 4.78 is 41.2. The summed E-state index contributed by atoms with van der Waals surface area (Å²) in [6, 6.07) is 7.95. The fourth-order valence-electron chi connectivity index (χ4n) is 7.26. The number of pyridine rings is 1. The maximum Gasteiger partial charge on any atom is 0.331 e. The lowest BCUT2D eigenvalue weighted by atomic mass is 9.86. The average Bonchev–Trinajstić information content (AvgIpc) is 3.26. The number of nitrogens with zero attached hydrogens (tertiary/aromatic N) is 1. The van der Waals surface area contributed by atoms with Crippen molar-refractivity contribution in [3.8, 4) is 11.5 Å². The van der Waals surface area contributed by atoms with Gasteiger partial charge in [-0.3, -0.25) is 9.59 Å². The molecule has 1 aromatic heterocycles. The third-order valence-corrected chi connectivity index (χ3v) is 10.6. The molecule has 2 saturated heterocycles. The topological polar surface area (TPSA) is 187 Å². The molecule has 0 bridgehead atoms. The van der Waals surface area contributed by atoms with Gasteiger partial charge in [0.15, 0.2) is 23.2 Å². The number of aromatic nitrogens is 1. The van der Waals surface area contributed by atoms with Crippen LogP contribution in [-0.4, -0.2) is 105 Å². The largest absolute Gasteiger partial charge is 0.503 e. The van der Waals surface area contributed by atoms with Crippen molar-refractivity contribution in [2.75, 3.05) is 40.1 Å². The first-order valence-electron chi connectivity index (χ1n) is 20.1. The van der Waals surface area contributed by atoms with E-state index in [1.807, 2.05) is 20.8 Å². The molecule has 1 aromatic carbocycles. The van der Waals surface area contributed by atoms with Crippen molar-refractivity contribution in [1.29, 1.82) is 0 Å². The Labute approximate surface area is 331 Å². The van der Waals surface area contributed by atoms with Crippen molar-refractivity contribution in [3.05, 3.63) is 53.3 Å². The van der Waals surface area contributed by atoms with Gasteiger partial charge in [-0.15, -0.1) is 0 Å². The zero-order valence-corrected chi connectivity index (χ0v) is 33.9. The Morgan fingerprint density at radius 1 is 0.911 bits per heavy atom. The fourth-order valence-corrected chi connectivity index (χ4v) is 7.26. The van der Waals surface area contributed by atoms with Gasteiger partial charge in [-0.2, -0.15) is 0 Å². The third kappa shape index (κ3) is 13.1. The van der Waals surface area contributed by atoms with Gasteiger partial charge in [0, 0.05) is 30.7 Å². The highest BCUT2D eigenvalue weighted by Crippen LogP contribution is 2.30. The number of cyclic esters (lactones) is 2. The van der Waals surface area contributed by atoms with Crippen molar-refractivity contribution >= 4 is 17.8 Å². The van der Waals surface area contributed by atoms with Crippen molar-refractivity contribution < 1.29 is 52.6 Å². The number of aromatic hydroxyl groups is 1. The van der Waals surface area contributed by atoms with E-state index >= 15 is 0 Å². The van der Waals surface area contributed by atoms with Gasteiger partial charge in [0.25, 0.3) is 5.91 Å². The first-order chi connectivity index (χ1) is 26.9. The Bertz CT molecular complexity index is 1530.